The molecule has 2 saturated heterocycles. The first-order valence-electron chi connectivity index (χ1n) is 9.70. The molecule has 1 unspecified atom stereocenters. The van der Waals surface area contributed by atoms with Crippen LogP contribution in [-0.2, 0) is 9.59 Å². The van der Waals surface area contributed by atoms with Crippen molar-refractivity contribution < 1.29 is 9.59 Å². The molecule has 0 aromatic heterocycles. The molecule has 4 nitrogen and oxygen atoms in total. The fraction of sp³-hybridized carbons (Fsp3) is 0.619. The lowest BCUT2D eigenvalue weighted by Gasteiger charge is -2.30. The minimum absolute atomic E-state index is 0.107. The summed E-state index contributed by atoms with van der Waals surface area (Å²) in [6.07, 6.45) is 6.91. The molecule has 0 bridgehead atoms. The summed E-state index contributed by atoms with van der Waals surface area (Å²) in [6.45, 7) is 6.00. The lowest BCUT2D eigenvalue weighted by atomic mass is 9.99. The smallest absolute Gasteiger partial charge is 0.242 e. The number of hydrogen-bond acceptors (Lipinski definition) is 2. The maximum Gasteiger partial charge on any atom is 0.242 e. The first-order valence-corrected chi connectivity index (χ1v) is 9.70. The second-order valence-electron chi connectivity index (χ2n) is 7.65. The third-order valence-electron chi connectivity index (χ3n) is 5.45. The summed E-state index contributed by atoms with van der Waals surface area (Å²) in [4.78, 5) is 29.0. The van der Waals surface area contributed by atoms with Gasteiger partial charge in [0.25, 0.3) is 0 Å². The Hall–Kier alpha value is -1.84. The molecule has 1 aromatic rings. The number of carbonyl (C=O) groups is 2. The average molecular weight is 342 g/mol. The molecule has 0 aliphatic carbocycles. The highest BCUT2D eigenvalue weighted by molar-refractivity contribution is 5.85. The number of rotatable bonds is 3. The third-order valence-corrected chi connectivity index (χ3v) is 5.45. The van der Waals surface area contributed by atoms with Gasteiger partial charge in [0.1, 0.15) is 0 Å². The molecule has 2 aliphatic rings. The lowest BCUT2D eigenvalue weighted by Crippen LogP contribution is -2.43. The Kier molecular flexibility index (Phi) is 5.77. The molecule has 1 aromatic carbocycles. The van der Waals surface area contributed by atoms with Gasteiger partial charge in [-0.2, -0.15) is 0 Å². The Balaban J connectivity index is 1.70. The van der Waals surface area contributed by atoms with E-state index in [1.807, 2.05) is 4.90 Å². The predicted octanol–water partition coefficient (Wildman–Crippen LogP) is 3.76. The van der Waals surface area contributed by atoms with E-state index in [0.717, 1.165) is 51.6 Å². The van der Waals surface area contributed by atoms with Crippen molar-refractivity contribution in [3.8, 4) is 0 Å². The Morgan fingerprint density at radius 2 is 1.72 bits per heavy atom. The Bertz CT molecular complexity index is 621. The van der Waals surface area contributed by atoms with Crippen molar-refractivity contribution in [2.45, 2.75) is 64.8 Å². The van der Waals surface area contributed by atoms with Gasteiger partial charge >= 0.3 is 0 Å². The van der Waals surface area contributed by atoms with E-state index in [9.17, 15) is 9.59 Å². The van der Waals surface area contributed by atoms with Gasteiger partial charge in [0, 0.05) is 19.5 Å². The summed E-state index contributed by atoms with van der Waals surface area (Å²) in [7, 11) is 0. The van der Waals surface area contributed by atoms with Crippen molar-refractivity contribution in [3.63, 3.8) is 0 Å². The van der Waals surface area contributed by atoms with Crippen LogP contribution >= 0.6 is 0 Å². The molecule has 2 aliphatic heterocycles. The molecule has 136 valence electrons. The van der Waals surface area contributed by atoms with Gasteiger partial charge in [-0.25, -0.2) is 0 Å². The van der Waals surface area contributed by atoms with Crippen molar-refractivity contribution >= 4 is 11.8 Å². The Morgan fingerprint density at radius 3 is 2.48 bits per heavy atom. The number of carbonyl (C=O) groups excluding carboxylic acids is 2. The van der Waals surface area contributed by atoms with Crippen LogP contribution in [0.4, 0.5) is 0 Å². The van der Waals surface area contributed by atoms with Crippen LogP contribution in [0.25, 0.3) is 0 Å². The fourth-order valence-corrected chi connectivity index (χ4v) is 4.25. The number of aryl methyl sites for hydroxylation is 2. The highest BCUT2D eigenvalue weighted by Crippen LogP contribution is 2.33. The molecule has 25 heavy (non-hydrogen) atoms. The zero-order valence-corrected chi connectivity index (χ0v) is 15.6. The molecule has 2 heterocycles. The molecule has 0 saturated carbocycles. The SMILES string of the molecule is Cc1cc(C)cc(C2CCCN2C(=O)CN2CCCCCCC2=O)c1. The van der Waals surface area contributed by atoms with E-state index in [2.05, 4.69) is 32.0 Å². The van der Waals surface area contributed by atoms with Gasteiger partial charge < -0.3 is 9.80 Å². The highest BCUT2D eigenvalue weighted by atomic mass is 16.2. The summed E-state index contributed by atoms with van der Waals surface area (Å²) >= 11 is 0. The van der Waals surface area contributed by atoms with E-state index in [4.69, 9.17) is 0 Å². The molecule has 2 amide bonds. The molecule has 2 fully saturated rings. The molecule has 3 rings (SSSR count). The van der Waals surface area contributed by atoms with Crippen molar-refractivity contribution in [2.24, 2.45) is 0 Å². The van der Waals surface area contributed by atoms with E-state index in [1.54, 1.807) is 4.90 Å². The van der Waals surface area contributed by atoms with Crippen molar-refractivity contribution in [1.29, 1.82) is 0 Å². The molecule has 0 spiro atoms. The second-order valence-corrected chi connectivity index (χ2v) is 7.65. The molecule has 4 heteroatoms. The largest absolute Gasteiger partial charge is 0.334 e. The Labute approximate surface area is 151 Å². The average Bonchev–Trinajstić information content (AvgIpc) is 3.03. The summed E-state index contributed by atoms with van der Waals surface area (Å²) in [5, 5.41) is 0. The maximum absolute atomic E-state index is 12.9. The molecular formula is C21H30N2O2. The van der Waals surface area contributed by atoms with Crippen molar-refractivity contribution in [3.05, 3.63) is 34.9 Å². The first-order chi connectivity index (χ1) is 12.0. The highest BCUT2D eigenvalue weighted by Gasteiger charge is 2.31. The van der Waals surface area contributed by atoms with Crippen molar-refractivity contribution in [1.82, 2.24) is 9.80 Å². The summed E-state index contributed by atoms with van der Waals surface area (Å²) < 4.78 is 0. The third kappa shape index (κ3) is 4.42. The normalized spacial score (nSPS) is 22.0. The molecular weight excluding hydrogens is 312 g/mol. The molecule has 0 N–H and O–H groups in total. The van der Waals surface area contributed by atoms with Crippen LogP contribution in [0.2, 0.25) is 0 Å². The van der Waals surface area contributed by atoms with Gasteiger partial charge in [-0.05, 0) is 45.1 Å². The number of likely N-dealkylation sites (tertiary alicyclic amines) is 2. The van der Waals surface area contributed by atoms with Crippen LogP contribution in [0.1, 0.15) is 67.7 Å². The lowest BCUT2D eigenvalue weighted by molar-refractivity contribution is -0.141. The van der Waals surface area contributed by atoms with Gasteiger partial charge in [0.2, 0.25) is 11.8 Å². The van der Waals surface area contributed by atoms with E-state index in [1.165, 1.54) is 16.7 Å². The van der Waals surface area contributed by atoms with Crippen LogP contribution < -0.4 is 0 Å². The predicted molar refractivity (Wildman–Crippen MR) is 99.3 cm³/mol. The topological polar surface area (TPSA) is 40.6 Å². The zero-order chi connectivity index (χ0) is 17.8. The van der Waals surface area contributed by atoms with Crippen LogP contribution in [-0.4, -0.2) is 41.2 Å². The monoisotopic (exact) mass is 342 g/mol. The van der Waals surface area contributed by atoms with E-state index >= 15 is 0 Å². The number of benzene rings is 1. The fourth-order valence-electron chi connectivity index (χ4n) is 4.25. The van der Waals surface area contributed by atoms with E-state index in [0.29, 0.717) is 6.42 Å². The Morgan fingerprint density at radius 1 is 1.00 bits per heavy atom. The van der Waals surface area contributed by atoms with Crippen LogP contribution in [0.15, 0.2) is 18.2 Å². The summed E-state index contributed by atoms with van der Waals surface area (Å²) in [5.41, 5.74) is 3.73. The molecule has 0 radical (unpaired) electrons. The quantitative estimate of drug-likeness (QED) is 0.839. The van der Waals surface area contributed by atoms with Gasteiger partial charge in [-0.3, -0.25) is 9.59 Å². The summed E-state index contributed by atoms with van der Waals surface area (Å²) in [6, 6.07) is 6.73. The van der Waals surface area contributed by atoms with Crippen LogP contribution in [0.5, 0.6) is 0 Å². The van der Waals surface area contributed by atoms with Crippen molar-refractivity contribution in [2.75, 3.05) is 19.6 Å². The van der Waals surface area contributed by atoms with Gasteiger partial charge in [-0.15, -0.1) is 0 Å². The van der Waals surface area contributed by atoms with Crippen LogP contribution in [0, 0.1) is 13.8 Å². The molecule has 1 atom stereocenters. The number of nitrogens with zero attached hydrogens (tertiary/aromatic N) is 2. The van der Waals surface area contributed by atoms with E-state index in [-0.39, 0.29) is 24.4 Å². The van der Waals surface area contributed by atoms with E-state index < -0.39 is 0 Å². The van der Waals surface area contributed by atoms with Gasteiger partial charge in [-0.1, -0.05) is 42.2 Å². The number of hydrogen-bond donors (Lipinski definition) is 0. The maximum atomic E-state index is 12.9. The van der Waals surface area contributed by atoms with Gasteiger partial charge in [0.05, 0.1) is 12.6 Å². The van der Waals surface area contributed by atoms with Gasteiger partial charge in [0.15, 0.2) is 0 Å². The number of amides is 2. The van der Waals surface area contributed by atoms with Crippen LogP contribution in [0.3, 0.4) is 0 Å². The standard InChI is InChI=1S/C21H30N2O2/c1-16-12-17(2)14-18(13-16)19-8-7-11-23(19)21(25)15-22-10-6-4-3-5-9-20(22)24/h12-14,19H,3-11,15H2,1-2H3. The minimum atomic E-state index is 0.107. The summed E-state index contributed by atoms with van der Waals surface area (Å²) in [5.74, 6) is 0.255. The minimum Gasteiger partial charge on any atom is -0.334 e. The first kappa shape index (κ1) is 18.0. The zero-order valence-electron chi connectivity index (χ0n) is 15.6. The second kappa shape index (κ2) is 8.03.